The highest BCUT2D eigenvalue weighted by atomic mass is 31.2. The van der Waals surface area contributed by atoms with E-state index in [1.165, 1.54) is 250 Å². The fraction of sp³-hybridized carbons (Fsp3) is 0.952. The van der Waals surface area contributed by atoms with Crippen molar-refractivity contribution < 1.29 is 80.2 Å². The van der Waals surface area contributed by atoms with Crippen molar-refractivity contribution >= 4 is 39.5 Å². The number of rotatable bonds is 82. The lowest BCUT2D eigenvalue weighted by Crippen LogP contribution is -2.30. The minimum Gasteiger partial charge on any atom is -0.462 e. The summed E-state index contributed by atoms with van der Waals surface area (Å²) in [4.78, 5) is 73.0. The Labute approximate surface area is 626 Å². The first kappa shape index (κ1) is 100. The molecule has 0 saturated heterocycles. The summed E-state index contributed by atoms with van der Waals surface area (Å²) in [6, 6.07) is 0. The van der Waals surface area contributed by atoms with Crippen molar-refractivity contribution in [1.29, 1.82) is 0 Å². The molecule has 0 bridgehead atoms. The molecule has 0 radical (unpaired) electrons. The van der Waals surface area contributed by atoms with E-state index in [1.807, 2.05) is 0 Å². The van der Waals surface area contributed by atoms with E-state index in [0.717, 1.165) is 108 Å². The molecule has 0 saturated carbocycles. The number of carbonyl (C=O) groups excluding carboxylic acids is 4. The number of esters is 4. The standard InChI is InChI=1S/C83H162O17P2/c1-7-10-12-14-16-18-19-20-25-33-38-43-49-55-61-67-82(87)99-78(71-93-80(85)65-59-53-47-17-15-13-11-8-2)73-97-101(89,90)95-69-77(84)70-96-102(91,92)98-74-79(72-94-81(86)66-60-54-48-42-37-32-29-28-30-35-40-45-51-57-63-75(4)5)100-83(88)68-62-56-50-44-39-34-27-24-22-21-23-26-31-36-41-46-52-58-64-76(6)9-3/h75-79,84H,7-74H2,1-6H3,(H,89,90)(H,91,92)/t76?,77-,78+,79+/m0/s1. The van der Waals surface area contributed by atoms with E-state index in [9.17, 15) is 43.2 Å². The lowest BCUT2D eigenvalue weighted by atomic mass is 9.99. The summed E-state index contributed by atoms with van der Waals surface area (Å²) in [5.41, 5.74) is 0. The van der Waals surface area contributed by atoms with E-state index in [4.69, 9.17) is 37.0 Å². The molecule has 0 aliphatic carbocycles. The lowest BCUT2D eigenvalue weighted by molar-refractivity contribution is -0.161. The zero-order chi connectivity index (χ0) is 74.9. The number of unbranched alkanes of at least 4 members (excludes halogenated alkanes) is 51. The van der Waals surface area contributed by atoms with Gasteiger partial charge in [0.1, 0.15) is 19.3 Å². The molecule has 0 amide bonds. The van der Waals surface area contributed by atoms with Gasteiger partial charge < -0.3 is 33.8 Å². The summed E-state index contributed by atoms with van der Waals surface area (Å²) in [5, 5.41) is 10.6. The zero-order valence-electron chi connectivity index (χ0n) is 66.9. The molecule has 0 rings (SSSR count). The topological polar surface area (TPSA) is 237 Å². The van der Waals surface area contributed by atoms with E-state index in [0.29, 0.717) is 25.7 Å². The molecule has 17 nitrogen and oxygen atoms in total. The van der Waals surface area contributed by atoms with Crippen molar-refractivity contribution in [2.75, 3.05) is 39.6 Å². The third-order valence-electron chi connectivity index (χ3n) is 19.8. The Morgan fingerprint density at radius 2 is 0.500 bits per heavy atom. The fourth-order valence-corrected chi connectivity index (χ4v) is 14.4. The molecule has 19 heteroatoms. The minimum atomic E-state index is -4.96. The molecular formula is C83H162O17P2. The summed E-state index contributed by atoms with van der Waals surface area (Å²) >= 11 is 0. The predicted octanol–water partition coefficient (Wildman–Crippen LogP) is 25.1. The van der Waals surface area contributed by atoms with Gasteiger partial charge in [-0.15, -0.1) is 0 Å². The van der Waals surface area contributed by atoms with Crippen LogP contribution in [0.3, 0.4) is 0 Å². The minimum absolute atomic E-state index is 0.108. The maximum Gasteiger partial charge on any atom is 0.472 e. The van der Waals surface area contributed by atoms with Crippen LogP contribution in [-0.2, 0) is 65.4 Å². The van der Waals surface area contributed by atoms with E-state index in [1.54, 1.807) is 0 Å². The number of carbonyl (C=O) groups is 4. The van der Waals surface area contributed by atoms with E-state index < -0.39 is 97.5 Å². The molecule has 0 fully saturated rings. The molecule has 0 aromatic heterocycles. The maximum absolute atomic E-state index is 13.1. The van der Waals surface area contributed by atoms with Crippen LogP contribution in [0, 0.1) is 11.8 Å². The van der Waals surface area contributed by atoms with Gasteiger partial charge in [0.15, 0.2) is 12.2 Å². The lowest BCUT2D eigenvalue weighted by Gasteiger charge is -2.21. The number of aliphatic hydroxyl groups excluding tert-OH is 1. The Morgan fingerprint density at radius 1 is 0.284 bits per heavy atom. The van der Waals surface area contributed by atoms with Crippen LogP contribution >= 0.6 is 15.6 Å². The van der Waals surface area contributed by atoms with Crippen molar-refractivity contribution in [3.05, 3.63) is 0 Å². The second kappa shape index (κ2) is 74.5. The first-order valence-corrected chi connectivity index (χ1v) is 46.0. The molecule has 0 heterocycles. The molecule has 606 valence electrons. The van der Waals surface area contributed by atoms with E-state index in [2.05, 4.69) is 41.5 Å². The van der Waals surface area contributed by atoms with Gasteiger partial charge in [0.25, 0.3) is 0 Å². The first-order chi connectivity index (χ1) is 49.4. The molecule has 3 N–H and O–H groups in total. The maximum atomic E-state index is 13.1. The Balaban J connectivity index is 5.19. The fourth-order valence-electron chi connectivity index (χ4n) is 12.9. The summed E-state index contributed by atoms with van der Waals surface area (Å²) in [5.74, 6) is -0.437. The van der Waals surface area contributed by atoms with Crippen molar-refractivity contribution in [3.63, 3.8) is 0 Å². The molecule has 0 aromatic carbocycles. The summed E-state index contributed by atoms with van der Waals surface area (Å²) in [7, 11) is -9.92. The summed E-state index contributed by atoms with van der Waals surface area (Å²) < 4.78 is 68.7. The number of hydrogen-bond donors (Lipinski definition) is 3. The Morgan fingerprint density at radius 3 is 0.745 bits per heavy atom. The summed E-state index contributed by atoms with van der Waals surface area (Å²) in [6.07, 6.45) is 65.2. The molecule has 6 atom stereocenters. The van der Waals surface area contributed by atoms with Gasteiger partial charge in [0.2, 0.25) is 0 Å². The van der Waals surface area contributed by atoms with Crippen LogP contribution in [0.2, 0.25) is 0 Å². The van der Waals surface area contributed by atoms with Crippen molar-refractivity contribution in [2.24, 2.45) is 11.8 Å². The second-order valence-corrected chi connectivity index (χ2v) is 33.5. The van der Waals surface area contributed by atoms with Crippen molar-refractivity contribution in [2.45, 2.75) is 458 Å². The van der Waals surface area contributed by atoms with Crippen LogP contribution in [0.25, 0.3) is 0 Å². The monoisotopic (exact) mass is 1490 g/mol. The predicted molar refractivity (Wildman–Crippen MR) is 418 cm³/mol. The molecule has 0 aliphatic rings. The normalized spacial score (nSPS) is 14.1. The highest BCUT2D eigenvalue weighted by Crippen LogP contribution is 2.45. The number of ether oxygens (including phenoxy) is 4. The second-order valence-electron chi connectivity index (χ2n) is 30.6. The van der Waals surface area contributed by atoms with Crippen LogP contribution in [-0.4, -0.2) is 96.7 Å². The third kappa shape index (κ3) is 74.9. The highest BCUT2D eigenvalue weighted by Gasteiger charge is 2.30. The number of hydrogen-bond acceptors (Lipinski definition) is 15. The number of phosphoric acid groups is 2. The Kier molecular flexibility index (Phi) is 73.1. The van der Waals surface area contributed by atoms with E-state index in [-0.39, 0.29) is 25.7 Å². The molecule has 3 unspecified atom stereocenters. The highest BCUT2D eigenvalue weighted by molar-refractivity contribution is 7.47. The molecule has 0 aliphatic heterocycles. The molecule has 102 heavy (non-hydrogen) atoms. The largest absolute Gasteiger partial charge is 0.472 e. The first-order valence-electron chi connectivity index (χ1n) is 43.0. The average Bonchev–Trinajstić information content (AvgIpc) is 0.952. The Hall–Kier alpha value is -1.94. The van der Waals surface area contributed by atoms with Crippen molar-refractivity contribution in [1.82, 2.24) is 0 Å². The van der Waals surface area contributed by atoms with Crippen LogP contribution in [0.15, 0.2) is 0 Å². The van der Waals surface area contributed by atoms with Gasteiger partial charge in [-0.1, -0.05) is 388 Å². The molecule has 0 spiro atoms. The van der Waals surface area contributed by atoms with Gasteiger partial charge in [-0.3, -0.25) is 37.3 Å². The SMILES string of the molecule is CCCCCCCCCCCCCCCCCC(=O)O[C@H](COC(=O)CCCCCCCCCC)COP(=O)(O)OC[C@H](O)COP(=O)(O)OC[C@@H](COC(=O)CCCCCCCCCCCCCCCCC(C)C)OC(=O)CCCCCCCCCCCCCCCCCCCCC(C)CC. The molecule has 0 aromatic rings. The number of phosphoric ester groups is 2. The van der Waals surface area contributed by atoms with Crippen LogP contribution in [0.1, 0.15) is 440 Å². The zero-order valence-corrected chi connectivity index (χ0v) is 68.7. The quantitative estimate of drug-likeness (QED) is 0.0222. The number of aliphatic hydroxyl groups is 1. The van der Waals surface area contributed by atoms with Gasteiger partial charge in [-0.2, -0.15) is 0 Å². The summed E-state index contributed by atoms with van der Waals surface area (Å²) in [6.45, 7) is 9.72. The van der Waals surface area contributed by atoms with Gasteiger partial charge in [0.05, 0.1) is 26.4 Å². The van der Waals surface area contributed by atoms with Gasteiger partial charge in [-0.05, 0) is 37.5 Å². The molecular weight excluding hydrogens is 1330 g/mol. The van der Waals surface area contributed by atoms with Crippen LogP contribution < -0.4 is 0 Å². The van der Waals surface area contributed by atoms with Crippen LogP contribution in [0.4, 0.5) is 0 Å². The smallest absolute Gasteiger partial charge is 0.462 e. The third-order valence-corrected chi connectivity index (χ3v) is 21.7. The van der Waals surface area contributed by atoms with E-state index >= 15 is 0 Å². The van der Waals surface area contributed by atoms with Gasteiger partial charge >= 0.3 is 39.5 Å². The van der Waals surface area contributed by atoms with Gasteiger partial charge in [-0.25, -0.2) is 9.13 Å². The van der Waals surface area contributed by atoms with Gasteiger partial charge in [0, 0.05) is 25.7 Å². The van der Waals surface area contributed by atoms with Crippen LogP contribution in [0.5, 0.6) is 0 Å². The van der Waals surface area contributed by atoms with Crippen molar-refractivity contribution in [3.8, 4) is 0 Å². The Bertz CT molecular complexity index is 1960. The average molecular weight is 1490 g/mol.